The molecule has 0 aliphatic carbocycles. The van der Waals surface area contributed by atoms with Crippen molar-refractivity contribution in [2.45, 2.75) is 65.1 Å². The molecule has 0 saturated carbocycles. The molecule has 1 saturated heterocycles. The lowest BCUT2D eigenvalue weighted by Gasteiger charge is -2.33. The van der Waals surface area contributed by atoms with E-state index in [0.717, 1.165) is 56.8 Å². The SMILES string of the molecule is CCc1nncn1CCNC(=NCc1cccs1)NCCCN1CCCCC1C.I. The Labute approximate surface area is 201 Å². The molecule has 1 aliphatic heterocycles. The van der Waals surface area contributed by atoms with Gasteiger partial charge in [-0.25, -0.2) is 4.99 Å². The molecule has 7 nitrogen and oxygen atoms in total. The number of rotatable bonds is 10. The number of aromatic nitrogens is 3. The first-order valence-electron chi connectivity index (χ1n) is 10.9. The highest BCUT2D eigenvalue weighted by Gasteiger charge is 2.17. The Balaban J connectivity index is 0.00000320. The van der Waals surface area contributed by atoms with Crippen molar-refractivity contribution < 1.29 is 0 Å². The fraction of sp³-hybridized carbons (Fsp3) is 0.667. The molecule has 168 valence electrons. The molecule has 1 aliphatic rings. The van der Waals surface area contributed by atoms with Crippen molar-refractivity contribution in [3.05, 3.63) is 34.5 Å². The summed E-state index contributed by atoms with van der Waals surface area (Å²) in [5.41, 5.74) is 0. The summed E-state index contributed by atoms with van der Waals surface area (Å²) in [6, 6.07) is 4.94. The molecule has 30 heavy (non-hydrogen) atoms. The number of likely N-dealkylation sites (tertiary alicyclic amines) is 1. The smallest absolute Gasteiger partial charge is 0.191 e. The molecule has 0 spiro atoms. The maximum atomic E-state index is 4.78. The topological polar surface area (TPSA) is 70.4 Å². The van der Waals surface area contributed by atoms with Crippen LogP contribution in [0.3, 0.4) is 0 Å². The van der Waals surface area contributed by atoms with Gasteiger partial charge >= 0.3 is 0 Å². The van der Waals surface area contributed by atoms with Crippen LogP contribution in [-0.4, -0.2) is 57.8 Å². The predicted octanol–water partition coefficient (Wildman–Crippen LogP) is 3.52. The van der Waals surface area contributed by atoms with Crippen molar-refractivity contribution in [2.75, 3.05) is 26.2 Å². The van der Waals surface area contributed by atoms with Crippen molar-refractivity contribution in [1.29, 1.82) is 0 Å². The second kappa shape index (κ2) is 14.0. The largest absolute Gasteiger partial charge is 0.356 e. The lowest BCUT2D eigenvalue weighted by Crippen LogP contribution is -2.42. The van der Waals surface area contributed by atoms with Gasteiger partial charge in [0.1, 0.15) is 12.2 Å². The fourth-order valence-corrected chi connectivity index (χ4v) is 4.37. The van der Waals surface area contributed by atoms with Gasteiger partial charge < -0.3 is 20.1 Å². The highest BCUT2D eigenvalue weighted by molar-refractivity contribution is 14.0. The molecule has 1 atom stereocenters. The molecular formula is C21H36IN7S. The summed E-state index contributed by atoms with van der Waals surface area (Å²) in [4.78, 5) is 8.68. The lowest BCUT2D eigenvalue weighted by molar-refractivity contribution is 0.159. The molecule has 9 heteroatoms. The van der Waals surface area contributed by atoms with E-state index in [1.807, 2.05) is 0 Å². The van der Waals surface area contributed by atoms with E-state index < -0.39 is 0 Å². The van der Waals surface area contributed by atoms with Gasteiger partial charge in [-0.3, -0.25) is 0 Å². The summed E-state index contributed by atoms with van der Waals surface area (Å²) in [6.07, 6.45) is 7.89. The molecule has 2 aromatic rings. The summed E-state index contributed by atoms with van der Waals surface area (Å²) >= 11 is 1.75. The average Bonchev–Trinajstić information content (AvgIpc) is 3.41. The Bertz CT molecular complexity index is 732. The van der Waals surface area contributed by atoms with E-state index in [0.29, 0.717) is 6.54 Å². The summed E-state index contributed by atoms with van der Waals surface area (Å²) < 4.78 is 2.10. The monoisotopic (exact) mass is 545 g/mol. The first-order chi connectivity index (χ1) is 14.3. The maximum Gasteiger partial charge on any atom is 0.191 e. The molecule has 1 fully saturated rings. The minimum atomic E-state index is 0. The molecule has 3 heterocycles. The number of nitrogens with zero attached hydrogens (tertiary/aromatic N) is 5. The van der Waals surface area contributed by atoms with Crippen LogP contribution in [0.5, 0.6) is 0 Å². The van der Waals surface area contributed by atoms with Crippen LogP contribution in [0.1, 0.15) is 50.2 Å². The van der Waals surface area contributed by atoms with Crippen LogP contribution in [0.25, 0.3) is 0 Å². The number of aryl methyl sites for hydroxylation is 1. The van der Waals surface area contributed by atoms with Crippen molar-refractivity contribution in [1.82, 2.24) is 30.3 Å². The standard InChI is InChI=1S/C21H35N7S.HI/c1-3-20-26-25-17-28(20)14-11-23-21(24-16-19-9-6-15-29-19)22-10-7-13-27-12-5-4-8-18(27)2;/h6,9,15,17-18H,3-5,7-8,10-14,16H2,1-2H3,(H2,22,23,24);1H. The van der Waals surface area contributed by atoms with Gasteiger partial charge in [-0.1, -0.05) is 19.4 Å². The second-order valence-electron chi connectivity index (χ2n) is 7.63. The molecule has 0 amide bonds. The van der Waals surface area contributed by atoms with Gasteiger partial charge in [0.15, 0.2) is 5.96 Å². The molecule has 0 aromatic carbocycles. The third kappa shape index (κ3) is 8.14. The van der Waals surface area contributed by atoms with Crippen molar-refractivity contribution in [2.24, 2.45) is 4.99 Å². The van der Waals surface area contributed by atoms with Crippen LogP contribution in [0.4, 0.5) is 0 Å². The van der Waals surface area contributed by atoms with E-state index in [-0.39, 0.29) is 24.0 Å². The Hall–Kier alpha value is -1.20. The first kappa shape index (κ1) is 25.1. The van der Waals surface area contributed by atoms with Crippen LogP contribution in [-0.2, 0) is 19.5 Å². The predicted molar refractivity (Wildman–Crippen MR) is 136 cm³/mol. The van der Waals surface area contributed by atoms with E-state index in [4.69, 9.17) is 4.99 Å². The highest BCUT2D eigenvalue weighted by Crippen LogP contribution is 2.16. The van der Waals surface area contributed by atoms with Gasteiger partial charge in [-0.05, 0) is 44.2 Å². The lowest BCUT2D eigenvalue weighted by atomic mass is 10.0. The third-order valence-corrected chi connectivity index (χ3v) is 6.35. The number of thiophene rings is 1. The summed E-state index contributed by atoms with van der Waals surface area (Å²) in [5.74, 6) is 1.91. The normalized spacial score (nSPS) is 17.5. The van der Waals surface area contributed by atoms with E-state index in [9.17, 15) is 0 Å². The van der Waals surface area contributed by atoms with E-state index in [1.54, 1.807) is 17.7 Å². The van der Waals surface area contributed by atoms with Gasteiger partial charge in [0.25, 0.3) is 0 Å². The number of aliphatic imine (C=N–C) groups is 1. The molecule has 0 bridgehead atoms. The fourth-order valence-electron chi connectivity index (χ4n) is 3.75. The number of halogens is 1. The van der Waals surface area contributed by atoms with Crippen molar-refractivity contribution in [3.8, 4) is 0 Å². The van der Waals surface area contributed by atoms with Crippen LogP contribution in [0.15, 0.2) is 28.8 Å². The Morgan fingerprint density at radius 2 is 2.13 bits per heavy atom. The minimum Gasteiger partial charge on any atom is -0.356 e. The average molecular weight is 546 g/mol. The number of hydrogen-bond acceptors (Lipinski definition) is 5. The number of piperidine rings is 1. The van der Waals surface area contributed by atoms with Gasteiger partial charge in [-0.2, -0.15) is 0 Å². The van der Waals surface area contributed by atoms with Crippen LogP contribution in [0.2, 0.25) is 0 Å². The Morgan fingerprint density at radius 1 is 1.27 bits per heavy atom. The molecule has 1 unspecified atom stereocenters. The summed E-state index contributed by atoms with van der Waals surface area (Å²) in [5, 5.41) is 17.3. The van der Waals surface area contributed by atoms with Crippen molar-refractivity contribution in [3.63, 3.8) is 0 Å². The third-order valence-electron chi connectivity index (χ3n) is 5.49. The second-order valence-corrected chi connectivity index (χ2v) is 8.66. The molecule has 3 rings (SSSR count). The molecule has 0 radical (unpaired) electrons. The van der Waals surface area contributed by atoms with Crippen LogP contribution >= 0.6 is 35.3 Å². The van der Waals surface area contributed by atoms with Gasteiger partial charge in [0, 0.05) is 43.5 Å². The van der Waals surface area contributed by atoms with Gasteiger partial charge in [0.05, 0.1) is 6.54 Å². The summed E-state index contributed by atoms with van der Waals surface area (Å²) in [6.45, 7) is 10.1. The van der Waals surface area contributed by atoms with Crippen LogP contribution in [0, 0.1) is 0 Å². The minimum absolute atomic E-state index is 0. The van der Waals surface area contributed by atoms with E-state index in [1.165, 1.54) is 30.7 Å². The number of hydrogen-bond donors (Lipinski definition) is 2. The number of nitrogens with one attached hydrogen (secondary N) is 2. The molecule has 2 aromatic heterocycles. The Morgan fingerprint density at radius 3 is 2.90 bits per heavy atom. The highest BCUT2D eigenvalue weighted by atomic mass is 127. The Kier molecular flexibility index (Phi) is 11.7. The van der Waals surface area contributed by atoms with Crippen molar-refractivity contribution >= 4 is 41.3 Å². The molecular weight excluding hydrogens is 509 g/mol. The van der Waals surface area contributed by atoms with E-state index >= 15 is 0 Å². The van der Waals surface area contributed by atoms with E-state index in [2.05, 4.69) is 61.7 Å². The number of guanidine groups is 1. The maximum absolute atomic E-state index is 4.78. The zero-order chi connectivity index (χ0) is 20.3. The van der Waals surface area contributed by atoms with Gasteiger partial charge in [0.2, 0.25) is 0 Å². The van der Waals surface area contributed by atoms with Crippen LogP contribution < -0.4 is 10.6 Å². The zero-order valence-electron chi connectivity index (χ0n) is 18.2. The van der Waals surface area contributed by atoms with Gasteiger partial charge in [-0.15, -0.1) is 45.5 Å². The quantitative estimate of drug-likeness (QED) is 0.207. The summed E-state index contributed by atoms with van der Waals surface area (Å²) in [7, 11) is 0. The zero-order valence-corrected chi connectivity index (χ0v) is 21.4. The first-order valence-corrected chi connectivity index (χ1v) is 11.8. The molecule has 2 N–H and O–H groups in total.